The van der Waals surface area contributed by atoms with Crippen LogP contribution in [0.5, 0.6) is 11.5 Å². The number of aromatic hydroxyl groups is 1. The smallest absolute Gasteiger partial charge is 0.266 e. The lowest BCUT2D eigenvalue weighted by Crippen LogP contribution is -2.13. The van der Waals surface area contributed by atoms with E-state index < -0.39 is 5.91 Å². The van der Waals surface area contributed by atoms with Gasteiger partial charge in [0.05, 0.1) is 4.47 Å². The Morgan fingerprint density at radius 3 is 2.45 bits per heavy atom. The molecule has 156 valence electrons. The molecule has 2 N–H and O–H groups in total. The van der Waals surface area contributed by atoms with Crippen molar-refractivity contribution in [2.75, 3.05) is 5.32 Å². The predicted octanol–water partition coefficient (Wildman–Crippen LogP) is 6.35. The van der Waals surface area contributed by atoms with Gasteiger partial charge in [0.1, 0.15) is 29.7 Å². The van der Waals surface area contributed by atoms with Gasteiger partial charge in [-0.25, -0.2) is 0 Å². The number of ether oxygens (including phenoxy) is 1. The Morgan fingerprint density at radius 1 is 1.13 bits per heavy atom. The number of nitriles is 1. The van der Waals surface area contributed by atoms with E-state index in [4.69, 9.17) is 4.74 Å². The van der Waals surface area contributed by atoms with Crippen LogP contribution in [0, 0.1) is 18.3 Å². The maximum Gasteiger partial charge on any atom is 0.266 e. The van der Waals surface area contributed by atoms with E-state index in [9.17, 15) is 15.2 Å². The monoisotopic (exact) mass is 540 g/mol. The van der Waals surface area contributed by atoms with Crippen molar-refractivity contribution in [3.8, 4) is 17.6 Å². The fourth-order valence-electron chi connectivity index (χ4n) is 2.73. The molecule has 0 heterocycles. The largest absolute Gasteiger partial charge is 0.508 e. The van der Waals surface area contributed by atoms with E-state index in [0.29, 0.717) is 28.1 Å². The first-order valence-electron chi connectivity index (χ1n) is 9.25. The summed E-state index contributed by atoms with van der Waals surface area (Å²) in [6, 6.07) is 19.6. The molecule has 0 fully saturated rings. The molecule has 3 aromatic rings. The van der Waals surface area contributed by atoms with Crippen LogP contribution in [-0.2, 0) is 11.4 Å². The van der Waals surface area contributed by atoms with E-state index in [1.165, 1.54) is 18.2 Å². The summed E-state index contributed by atoms with van der Waals surface area (Å²) in [5, 5.41) is 21.6. The lowest BCUT2D eigenvalue weighted by Gasteiger charge is -2.13. The molecule has 0 saturated heterocycles. The van der Waals surface area contributed by atoms with Crippen LogP contribution in [-0.4, -0.2) is 11.0 Å². The second-order valence-corrected chi connectivity index (χ2v) is 8.52. The maximum atomic E-state index is 12.6. The number of phenols is 1. The second-order valence-electron chi connectivity index (χ2n) is 6.75. The minimum atomic E-state index is -0.561. The highest BCUT2D eigenvalue weighted by Gasteiger charge is 2.14. The van der Waals surface area contributed by atoms with E-state index in [-0.39, 0.29) is 11.3 Å². The van der Waals surface area contributed by atoms with E-state index in [1.807, 2.05) is 43.3 Å². The molecule has 7 heteroatoms. The van der Waals surface area contributed by atoms with Crippen molar-refractivity contribution in [3.63, 3.8) is 0 Å². The Labute approximate surface area is 197 Å². The molecule has 0 bridgehead atoms. The van der Waals surface area contributed by atoms with Crippen molar-refractivity contribution < 1.29 is 14.6 Å². The molecular weight excluding hydrogens is 524 g/mol. The molecule has 0 aliphatic carbocycles. The first-order valence-corrected chi connectivity index (χ1v) is 10.8. The van der Waals surface area contributed by atoms with Gasteiger partial charge >= 0.3 is 0 Å². The van der Waals surface area contributed by atoms with Gasteiger partial charge in [0.15, 0.2) is 0 Å². The van der Waals surface area contributed by atoms with Gasteiger partial charge < -0.3 is 15.2 Å². The van der Waals surface area contributed by atoms with Gasteiger partial charge in [-0.15, -0.1) is 0 Å². The average Bonchev–Trinajstić information content (AvgIpc) is 2.74. The van der Waals surface area contributed by atoms with Crippen LogP contribution in [0.3, 0.4) is 0 Å². The molecule has 0 atom stereocenters. The van der Waals surface area contributed by atoms with Crippen LogP contribution < -0.4 is 10.1 Å². The van der Waals surface area contributed by atoms with E-state index in [2.05, 4.69) is 37.2 Å². The lowest BCUT2D eigenvalue weighted by atomic mass is 10.1. The third-order valence-corrected chi connectivity index (χ3v) is 5.38. The van der Waals surface area contributed by atoms with E-state index in [0.717, 1.165) is 15.6 Å². The molecule has 31 heavy (non-hydrogen) atoms. The summed E-state index contributed by atoms with van der Waals surface area (Å²) < 4.78 is 7.48. The number of anilines is 1. The molecule has 0 aliphatic rings. The van der Waals surface area contributed by atoms with Crippen LogP contribution >= 0.6 is 31.9 Å². The number of phenolic OH excluding ortho intramolecular Hbond substituents is 1. The number of aryl methyl sites for hydroxylation is 1. The minimum absolute atomic E-state index is 0.0849. The Hall–Kier alpha value is -3.08. The molecular formula is C24H18Br2N2O3. The summed E-state index contributed by atoms with van der Waals surface area (Å²) in [6.07, 6.45) is 1.48. The first kappa shape index (κ1) is 22.6. The summed E-state index contributed by atoms with van der Waals surface area (Å²) in [5.74, 6) is 0.0473. The first-order chi connectivity index (χ1) is 14.9. The van der Waals surface area contributed by atoms with Crippen LogP contribution in [0.25, 0.3) is 6.08 Å². The number of benzene rings is 3. The summed E-state index contributed by atoms with van der Waals surface area (Å²) in [6.45, 7) is 2.36. The van der Waals surface area contributed by atoms with Gasteiger partial charge in [-0.1, -0.05) is 45.8 Å². The quantitative estimate of drug-likeness (QED) is 0.216. The third kappa shape index (κ3) is 6.20. The second kappa shape index (κ2) is 10.3. The van der Waals surface area contributed by atoms with Crippen LogP contribution in [0.1, 0.15) is 16.7 Å². The molecule has 0 unspecified atom stereocenters. The Kier molecular flexibility index (Phi) is 7.50. The Bertz CT molecular complexity index is 1170. The highest BCUT2D eigenvalue weighted by molar-refractivity contribution is 9.11. The Morgan fingerprint density at radius 2 is 1.81 bits per heavy atom. The number of nitrogens with zero attached hydrogens (tertiary/aromatic N) is 1. The van der Waals surface area contributed by atoms with E-state index in [1.54, 1.807) is 18.2 Å². The lowest BCUT2D eigenvalue weighted by molar-refractivity contribution is -0.112. The zero-order valence-corrected chi connectivity index (χ0v) is 19.7. The van der Waals surface area contributed by atoms with Crippen LogP contribution in [0.4, 0.5) is 5.69 Å². The van der Waals surface area contributed by atoms with Gasteiger partial charge in [0.25, 0.3) is 5.91 Å². The summed E-state index contributed by atoms with van der Waals surface area (Å²) >= 11 is 6.94. The van der Waals surface area contributed by atoms with Crippen molar-refractivity contribution in [1.82, 2.24) is 0 Å². The zero-order valence-electron chi connectivity index (χ0n) is 16.5. The topological polar surface area (TPSA) is 82.3 Å². The highest BCUT2D eigenvalue weighted by atomic mass is 79.9. The number of amides is 1. The third-order valence-electron chi connectivity index (χ3n) is 4.33. The van der Waals surface area contributed by atoms with Crippen LogP contribution in [0.15, 0.2) is 75.2 Å². The van der Waals surface area contributed by atoms with Crippen molar-refractivity contribution in [1.29, 1.82) is 5.26 Å². The number of rotatable bonds is 6. The number of carbonyl (C=O) groups is 1. The SMILES string of the molecule is Cc1ccc(COc2c(Br)cc(Br)cc2/C=C(\C#N)C(=O)Nc2ccc(O)cc2)cc1. The van der Waals surface area contributed by atoms with Gasteiger partial charge in [-0.3, -0.25) is 4.79 Å². The predicted molar refractivity (Wildman–Crippen MR) is 128 cm³/mol. The number of hydrogen-bond donors (Lipinski definition) is 2. The van der Waals surface area contributed by atoms with Gasteiger partial charge in [0, 0.05) is 15.7 Å². The highest BCUT2D eigenvalue weighted by Crippen LogP contribution is 2.35. The van der Waals surface area contributed by atoms with Gasteiger partial charge in [0.2, 0.25) is 0 Å². The van der Waals surface area contributed by atoms with Crippen molar-refractivity contribution in [3.05, 3.63) is 91.9 Å². The fraction of sp³-hybridized carbons (Fsp3) is 0.0833. The standard InChI is InChI=1S/C24H18Br2N2O3/c1-15-2-4-16(5-3-15)14-31-23-17(11-19(25)12-22(23)26)10-18(13-27)24(30)28-20-6-8-21(29)9-7-20/h2-12,29H,14H2,1H3,(H,28,30)/b18-10+. The molecule has 0 aromatic heterocycles. The molecule has 3 aromatic carbocycles. The summed E-state index contributed by atoms with van der Waals surface area (Å²) in [5.41, 5.74) is 3.12. The molecule has 0 aliphatic heterocycles. The zero-order chi connectivity index (χ0) is 22.4. The van der Waals surface area contributed by atoms with Gasteiger partial charge in [-0.2, -0.15) is 5.26 Å². The average molecular weight is 542 g/mol. The molecule has 0 spiro atoms. The number of halogens is 2. The normalized spacial score (nSPS) is 11.0. The van der Waals surface area contributed by atoms with Crippen molar-refractivity contribution >= 4 is 49.5 Å². The molecule has 5 nitrogen and oxygen atoms in total. The number of hydrogen-bond acceptors (Lipinski definition) is 4. The molecule has 1 amide bonds. The maximum absolute atomic E-state index is 12.6. The summed E-state index contributed by atoms with van der Waals surface area (Å²) in [7, 11) is 0. The van der Waals surface area contributed by atoms with Crippen molar-refractivity contribution in [2.45, 2.75) is 13.5 Å². The van der Waals surface area contributed by atoms with Crippen molar-refractivity contribution in [2.24, 2.45) is 0 Å². The Balaban J connectivity index is 1.87. The van der Waals surface area contributed by atoms with E-state index >= 15 is 0 Å². The molecule has 0 saturated carbocycles. The number of carbonyl (C=O) groups excluding carboxylic acids is 1. The van der Waals surface area contributed by atoms with Crippen LogP contribution in [0.2, 0.25) is 0 Å². The number of nitrogens with one attached hydrogen (secondary N) is 1. The van der Waals surface area contributed by atoms with Gasteiger partial charge in [-0.05, 0) is 70.9 Å². The summed E-state index contributed by atoms with van der Waals surface area (Å²) in [4.78, 5) is 12.6. The molecule has 3 rings (SSSR count). The minimum Gasteiger partial charge on any atom is -0.508 e. The molecule has 0 radical (unpaired) electrons. The fourth-order valence-corrected chi connectivity index (χ4v) is 4.10.